The topological polar surface area (TPSA) is 52.6 Å². The van der Waals surface area contributed by atoms with Crippen LogP contribution in [0.1, 0.15) is 20.7 Å². The van der Waals surface area contributed by atoms with E-state index >= 15 is 0 Å². The van der Waals surface area contributed by atoms with Crippen LogP contribution < -0.4 is 0 Å². The molecule has 0 amide bonds. The van der Waals surface area contributed by atoms with Crippen molar-refractivity contribution in [3.8, 4) is 11.1 Å². The van der Waals surface area contributed by atoms with Gasteiger partial charge in [0.2, 0.25) is 0 Å². The number of hydrogen-bond acceptors (Lipinski definition) is 4. The van der Waals surface area contributed by atoms with Crippen LogP contribution in [0.2, 0.25) is 0 Å². The van der Waals surface area contributed by atoms with Gasteiger partial charge in [-0.05, 0) is 61.6 Å². The molecular weight excluding hydrogens is 376 g/mol. The van der Waals surface area contributed by atoms with E-state index in [0.717, 1.165) is 21.9 Å². The fourth-order valence-corrected chi connectivity index (χ4v) is 4.24. The summed E-state index contributed by atoms with van der Waals surface area (Å²) in [5, 5.41) is 6.96. The number of carbonyl (C=O) groups is 2. The smallest absolute Gasteiger partial charge is 0.337 e. The van der Waals surface area contributed by atoms with Crippen molar-refractivity contribution in [1.29, 1.82) is 0 Å². The summed E-state index contributed by atoms with van der Waals surface area (Å²) in [6, 6.07) is 23.9. The maximum Gasteiger partial charge on any atom is 0.337 e. The van der Waals surface area contributed by atoms with Crippen LogP contribution in [0.4, 0.5) is 0 Å². The maximum atomic E-state index is 12.2. The molecule has 0 saturated carbocycles. The molecule has 4 heteroatoms. The van der Waals surface area contributed by atoms with Crippen molar-refractivity contribution in [2.45, 2.75) is 0 Å². The summed E-state index contributed by atoms with van der Waals surface area (Å²) < 4.78 is 9.77. The third kappa shape index (κ3) is 2.69. The van der Waals surface area contributed by atoms with Crippen molar-refractivity contribution < 1.29 is 19.1 Å². The van der Waals surface area contributed by atoms with E-state index in [1.165, 1.54) is 41.8 Å². The van der Waals surface area contributed by atoms with E-state index in [-0.39, 0.29) is 0 Å². The molecule has 5 aromatic carbocycles. The Hall–Kier alpha value is -3.92. The fourth-order valence-electron chi connectivity index (χ4n) is 4.24. The average molecular weight is 394 g/mol. The van der Waals surface area contributed by atoms with Crippen molar-refractivity contribution in [3.05, 3.63) is 83.9 Å². The quantitative estimate of drug-likeness (QED) is 0.286. The zero-order chi connectivity index (χ0) is 20.8. The molecule has 0 unspecified atom stereocenters. The summed E-state index contributed by atoms with van der Waals surface area (Å²) >= 11 is 0. The largest absolute Gasteiger partial charge is 0.465 e. The van der Waals surface area contributed by atoms with Crippen LogP contribution in [0.3, 0.4) is 0 Å². The molecule has 0 spiro atoms. The molecule has 0 saturated heterocycles. The highest BCUT2D eigenvalue weighted by Gasteiger charge is 2.17. The van der Waals surface area contributed by atoms with Gasteiger partial charge in [0.25, 0.3) is 0 Å². The molecule has 0 atom stereocenters. The zero-order valence-electron chi connectivity index (χ0n) is 16.6. The standard InChI is InChI=1S/C26H18O4/c1-29-25(27)19-12-18(13-20(14-19)26(28)30-2)21-10-8-17-7-6-15-4-3-5-16-9-11-22(21)24(17)23(15)16/h3-14H,1-2H3. The van der Waals surface area contributed by atoms with Crippen molar-refractivity contribution in [3.63, 3.8) is 0 Å². The molecule has 0 radical (unpaired) electrons. The second kappa shape index (κ2) is 6.85. The average Bonchev–Trinajstić information content (AvgIpc) is 2.81. The molecule has 0 aromatic heterocycles. The first-order chi connectivity index (χ1) is 14.6. The summed E-state index contributed by atoms with van der Waals surface area (Å²) in [6.07, 6.45) is 0. The Kier molecular flexibility index (Phi) is 4.14. The molecule has 0 aliphatic heterocycles. The first-order valence-corrected chi connectivity index (χ1v) is 9.59. The Morgan fingerprint density at radius 2 is 1.17 bits per heavy atom. The summed E-state index contributed by atoms with van der Waals surface area (Å²) in [5.74, 6) is -1.00. The van der Waals surface area contributed by atoms with Gasteiger partial charge in [-0.15, -0.1) is 0 Å². The molecule has 0 N–H and O–H groups in total. The molecule has 0 bridgehead atoms. The number of benzene rings is 5. The zero-order valence-corrected chi connectivity index (χ0v) is 16.6. The molecular formula is C26H18O4. The van der Waals surface area contributed by atoms with Crippen molar-refractivity contribution >= 4 is 44.3 Å². The Labute approximate surface area is 173 Å². The van der Waals surface area contributed by atoms with E-state index < -0.39 is 11.9 Å². The van der Waals surface area contributed by atoms with Crippen molar-refractivity contribution in [1.82, 2.24) is 0 Å². The van der Waals surface area contributed by atoms with Gasteiger partial charge < -0.3 is 9.47 Å². The summed E-state index contributed by atoms with van der Waals surface area (Å²) in [7, 11) is 2.64. The Morgan fingerprint density at radius 3 is 1.77 bits per heavy atom. The molecule has 0 fully saturated rings. The monoisotopic (exact) mass is 394 g/mol. The highest BCUT2D eigenvalue weighted by molar-refractivity contribution is 6.25. The molecule has 4 nitrogen and oxygen atoms in total. The van der Waals surface area contributed by atoms with Gasteiger partial charge in [0, 0.05) is 0 Å². The van der Waals surface area contributed by atoms with E-state index in [2.05, 4.69) is 48.5 Å². The summed E-state index contributed by atoms with van der Waals surface area (Å²) in [5.41, 5.74) is 2.31. The molecule has 5 rings (SSSR count). The number of carbonyl (C=O) groups excluding carboxylic acids is 2. The first-order valence-electron chi connectivity index (χ1n) is 9.59. The van der Waals surface area contributed by atoms with E-state index in [9.17, 15) is 9.59 Å². The second-order valence-corrected chi connectivity index (χ2v) is 7.25. The van der Waals surface area contributed by atoms with Gasteiger partial charge in [0.1, 0.15) is 0 Å². The van der Waals surface area contributed by atoms with Crippen molar-refractivity contribution in [2.24, 2.45) is 0 Å². The Morgan fingerprint density at radius 1 is 0.633 bits per heavy atom. The molecule has 0 heterocycles. The predicted octanol–water partition coefficient (Wildman–Crippen LogP) is 5.82. The van der Waals surface area contributed by atoms with Crippen molar-refractivity contribution in [2.75, 3.05) is 14.2 Å². The molecule has 146 valence electrons. The van der Waals surface area contributed by atoms with E-state index in [1.54, 1.807) is 12.1 Å². The lowest BCUT2D eigenvalue weighted by Gasteiger charge is -2.15. The lowest BCUT2D eigenvalue weighted by atomic mass is 9.89. The summed E-state index contributed by atoms with van der Waals surface area (Å²) in [4.78, 5) is 24.4. The number of ether oxygens (including phenoxy) is 2. The number of hydrogen-bond donors (Lipinski definition) is 0. The number of esters is 2. The van der Waals surface area contributed by atoms with Gasteiger partial charge in [-0.1, -0.05) is 54.6 Å². The normalized spacial score (nSPS) is 11.3. The third-order valence-electron chi connectivity index (χ3n) is 5.61. The van der Waals surface area contributed by atoms with Gasteiger partial charge in [0.05, 0.1) is 25.3 Å². The lowest BCUT2D eigenvalue weighted by molar-refractivity contribution is 0.0599. The van der Waals surface area contributed by atoms with Crippen LogP contribution >= 0.6 is 0 Å². The highest BCUT2D eigenvalue weighted by atomic mass is 16.5. The van der Waals surface area contributed by atoms with Crippen LogP contribution in [0, 0.1) is 0 Å². The SMILES string of the molecule is COC(=O)c1cc(C(=O)OC)cc(-c2ccc3ccc4cccc5ccc2c3c45)c1. The van der Waals surface area contributed by atoms with Crippen LogP contribution in [0.5, 0.6) is 0 Å². The number of methoxy groups -OCH3 is 2. The van der Waals surface area contributed by atoms with E-state index in [4.69, 9.17) is 9.47 Å². The summed E-state index contributed by atoms with van der Waals surface area (Å²) in [6.45, 7) is 0. The van der Waals surface area contributed by atoms with Gasteiger partial charge in [-0.25, -0.2) is 9.59 Å². The Bertz CT molecular complexity index is 1400. The third-order valence-corrected chi connectivity index (χ3v) is 5.61. The Balaban J connectivity index is 1.85. The van der Waals surface area contributed by atoms with Crippen LogP contribution in [0.25, 0.3) is 43.4 Å². The second-order valence-electron chi connectivity index (χ2n) is 7.25. The van der Waals surface area contributed by atoms with Crippen LogP contribution in [0.15, 0.2) is 72.8 Å². The molecule has 0 aliphatic carbocycles. The molecule has 0 aliphatic rings. The van der Waals surface area contributed by atoms with Gasteiger partial charge in [0.15, 0.2) is 0 Å². The van der Waals surface area contributed by atoms with Crippen LogP contribution in [-0.4, -0.2) is 26.2 Å². The predicted molar refractivity (Wildman–Crippen MR) is 118 cm³/mol. The minimum absolute atomic E-state index is 0.307. The van der Waals surface area contributed by atoms with E-state index in [0.29, 0.717) is 11.1 Å². The molecule has 30 heavy (non-hydrogen) atoms. The van der Waals surface area contributed by atoms with Crippen LogP contribution in [-0.2, 0) is 9.47 Å². The van der Waals surface area contributed by atoms with Gasteiger partial charge >= 0.3 is 11.9 Å². The number of rotatable bonds is 3. The molecule has 5 aromatic rings. The van der Waals surface area contributed by atoms with Gasteiger partial charge in [-0.3, -0.25) is 0 Å². The maximum absolute atomic E-state index is 12.2. The minimum atomic E-state index is -0.500. The minimum Gasteiger partial charge on any atom is -0.465 e. The van der Waals surface area contributed by atoms with Gasteiger partial charge in [-0.2, -0.15) is 0 Å². The lowest BCUT2D eigenvalue weighted by Crippen LogP contribution is -2.07. The highest BCUT2D eigenvalue weighted by Crippen LogP contribution is 2.39. The first kappa shape index (κ1) is 18.1. The fraction of sp³-hybridized carbons (Fsp3) is 0.0769. The van der Waals surface area contributed by atoms with E-state index in [1.807, 2.05) is 6.07 Å².